The zero-order valence-corrected chi connectivity index (χ0v) is 16.7. The summed E-state index contributed by atoms with van der Waals surface area (Å²) in [4.78, 5) is 2.29. The Kier molecular flexibility index (Phi) is 7.56. The summed E-state index contributed by atoms with van der Waals surface area (Å²) < 4.78 is 11.1. The molecule has 0 amide bonds. The number of nitrogens with one attached hydrogen (secondary N) is 1. The molecule has 0 aromatic heterocycles. The number of hydrogen-bond donors (Lipinski definition) is 1. The van der Waals surface area contributed by atoms with E-state index in [1.807, 2.05) is 12.1 Å². The molecule has 3 rings (SSSR count). The first-order valence-electron chi connectivity index (χ1n) is 10.0. The van der Waals surface area contributed by atoms with Crippen LogP contribution in [0.1, 0.15) is 56.9 Å². The van der Waals surface area contributed by atoms with Crippen LogP contribution in [0.25, 0.3) is 0 Å². The Morgan fingerprint density at radius 2 is 1.85 bits per heavy atom. The van der Waals surface area contributed by atoms with Crippen LogP contribution in [-0.4, -0.2) is 42.4 Å². The highest BCUT2D eigenvalue weighted by molar-refractivity contribution is 7.80. The summed E-state index contributed by atoms with van der Waals surface area (Å²) in [6.07, 6.45) is 10.4. The smallest absolute Gasteiger partial charge is 0.169 e. The molecule has 2 fully saturated rings. The summed E-state index contributed by atoms with van der Waals surface area (Å²) in [5.41, 5.74) is 1.24. The summed E-state index contributed by atoms with van der Waals surface area (Å²) in [6, 6.07) is 8.79. The van der Waals surface area contributed by atoms with Crippen molar-refractivity contribution < 1.29 is 9.47 Å². The molecular weight excluding hydrogens is 344 g/mol. The maximum atomic E-state index is 5.87. The van der Waals surface area contributed by atoms with Gasteiger partial charge in [0.15, 0.2) is 5.11 Å². The number of ether oxygens (including phenoxy) is 2. The van der Waals surface area contributed by atoms with E-state index in [2.05, 4.69) is 22.3 Å². The van der Waals surface area contributed by atoms with Crippen molar-refractivity contribution in [3.63, 3.8) is 0 Å². The van der Waals surface area contributed by atoms with Gasteiger partial charge in [0.1, 0.15) is 5.75 Å². The molecule has 1 aromatic carbocycles. The average Bonchev–Trinajstić information content (AvgIpc) is 3.04. The number of nitrogens with zero attached hydrogens (tertiary/aromatic N) is 1. The molecule has 0 spiro atoms. The molecule has 0 unspecified atom stereocenters. The minimum atomic E-state index is 0.294. The first-order valence-corrected chi connectivity index (χ1v) is 10.5. The van der Waals surface area contributed by atoms with Crippen molar-refractivity contribution in [1.29, 1.82) is 0 Å². The molecule has 1 aliphatic heterocycles. The Morgan fingerprint density at radius 1 is 1.12 bits per heavy atom. The van der Waals surface area contributed by atoms with Crippen LogP contribution in [0.4, 0.5) is 0 Å². The SMILES string of the molecule is COc1ccc(CN(C[C@H]2CCCO2)C(=S)NC2CCCCCC2)cc1. The van der Waals surface area contributed by atoms with Gasteiger partial charge in [-0.25, -0.2) is 0 Å². The van der Waals surface area contributed by atoms with Gasteiger partial charge in [-0.15, -0.1) is 0 Å². The van der Waals surface area contributed by atoms with E-state index in [1.54, 1.807) is 7.11 Å². The Hall–Kier alpha value is -1.33. The molecule has 1 aliphatic carbocycles. The second kappa shape index (κ2) is 10.1. The fourth-order valence-corrected chi connectivity index (χ4v) is 4.20. The monoisotopic (exact) mass is 376 g/mol. The van der Waals surface area contributed by atoms with Crippen molar-refractivity contribution in [2.24, 2.45) is 0 Å². The summed E-state index contributed by atoms with van der Waals surface area (Å²) in [7, 11) is 1.70. The van der Waals surface area contributed by atoms with Gasteiger partial charge in [-0.05, 0) is 55.6 Å². The van der Waals surface area contributed by atoms with E-state index in [1.165, 1.54) is 44.1 Å². The molecule has 0 bridgehead atoms. The third kappa shape index (κ3) is 5.85. The van der Waals surface area contributed by atoms with Crippen molar-refractivity contribution in [2.45, 2.75) is 70.1 Å². The lowest BCUT2D eigenvalue weighted by molar-refractivity contribution is 0.0895. The third-order valence-corrected chi connectivity index (χ3v) is 5.83. The van der Waals surface area contributed by atoms with Crippen LogP contribution in [0.2, 0.25) is 0 Å². The van der Waals surface area contributed by atoms with Gasteiger partial charge in [0.2, 0.25) is 0 Å². The molecule has 1 saturated heterocycles. The Bertz CT molecular complexity index is 550. The number of methoxy groups -OCH3 is 1. The molecule has 2 aliphatic rings. The second-order valence-electron chi connectivity index (χ2n) is 7.50. The molecule has 1 atom stereocenters. The van der Waals surface area contributed by atoms with Crippen molar-refractivity contribution in [1.82, 2.24) is 10.2 Å². The van der Waals surface area contributed by atoms with Crippen molar-refractivity contribution in [2.75, 3.05) is 20.3 Å². The van der Waals surface area contributed by atoms with Gasteiger partial charge in [-0.3, -0.25) is 0 Å². The zero-order valence-electron chi connectivity index (χ0n) is 15.9. The second-order valence-corrected chi connectivity index (χ2v) is 7.89. The standard InChI is InChI=1S/C21H32N2O2S/c1-24-19-12-10-17(11-13-19)15-23(16-20-9-6-14-25-20)21(26)22-18-7-4-2-3-5-8-18/h10-13,18,20H,2-9,14-16H2,1H3,(H,22,26)/t20-/m1/s1. The fraction of sp³-hybridized carbons (Fsp3) is 0.667. The van der Waals surface area contributed by atoms with Crippen molar-refractivity contribution in [3.05, 3.63) is 29.8 Å². The number of rotatable bonds is 6. The van der Waals surface area contributed by atoms with Gasteiger partial charge in [0.25, 0.3) is 0 Å². The van der Waals surface area contributed by atoms with Crippen LogP contribution in [0.15, 0.2) is 24.3 Å². The Labute approximate surface area is 163 Å². The lowest BCUT2D eigenvalue weighted by Gasteiger charge is -2.31. The van der Waals surface area contributed by atoms with Crippen molar-refractivity contribution in [3.8, 4) is 5.75 Å². The molecule has 1 N–H and O–H groups in total. The Balaban J connectivity index is 1.63. The van der Waals surface area contributed by atoms with Crippen LogP contribution < -0.4 is 10.1 Å². The average molecular weight is 377 g/mol. The molecule has 1 aromatic rings. The quantitative estimate of drug-likeness (QED) is 0.592. The fourth-order valence-electron chi connectivity index (χ4n) is 3.89. The van der Waals surface area contributed by atoms with Gasteiger partial charge >= 0.3 is 0 Å². The zero-order chi connectivity index (χ0) is 18.2. The van der Waals surface area contributed by atoms with E-state index in [0.29, 0.717) is 12.1 Å². The molecule has 4 nitrogen and oxygen atoms in total. The van der Waals surface area contributed by atoms with Crippen molar-refractivity contribution >= 4 is 17.3 Å². The van der Waals surface area contributed by atoms with E-state index in [-0.39, 0.29) is 0 Å². The molecule has 5 heteroatoms. The molecule has 144 valence electrons. The van der Waals surface area contributed by atoms with E-state index in [0.717, 1.165) is 43.4 Å². The lowest BCUT2D eigenvalue weighted by atomic mass is 10.1. The first kappa shape index (κ1) is 19.4. The number of thiocarbonyl (C=S) groups is 1. The summed E-state index contributed by atoms with van der Waals surface area (Å²) in [5, 5.41) is 4.53. The van der Waals surface area contributed by atoms with Crippen LogP contribution in [0, 0.1) is 0 Å². The van der Waals surface area contributed by atoms with E-state index in [9.17, 15) is 0 Å². The molecule has 1 saturated carbocycles. The highest BCUT2D eigenvalue weighted by Gasteiger charge is 2.23. The van der Waals surface area contributed by atoms with E-state index < -0.39 is 0 Å². The minimum absolute atomic E-state index is 0.294. The molecule has 26 heavy (non-hydrogen) atoms. The lowest BCUT2D eigenvalue weighted by Crippen LogP contribution is -2.46. The van der Waals surface area contributed by atoms with Gasteiger partial charge in [0.05, 0.1) is 13.2 Å². The number of hydrogen-bond acceptors (Lipinski definition) is 3. The van der Waals surface area contributed by atoms with Gasteiger partial charge in [-0.2, -0.15) is 0 Å². The predicted molar refractivity (Wildman–Crippen MR) is 110 cm³/mol. The van der Waals surface area contributed by atoms with Gasteiger partial charge in [-0.1, -0.05) is 37.8 Å². The largest absolute Gasteiger partial charge is 0.497 e. The normalized spacial score (nSPS) is 21.2. The highest BCUT2D eigenvalue weighted by atomic mass is 32.1. The van der Waals surface area contributed by atoms with Crippen LogP contribution in [0.3, 0.4) is 0 Å². The summed E-state index contributed by atoms with van der Waals surface area (Å²) in [5.74, 6) is 0.888. The summed E-state index contributed by atoms with van der Waals surface area (Å²) >= 11 is 5.82. The third-order valence-electron chi connectivity index (χ3n) is 5.45. The minimum Gasteiger partial charge on any atom is -0.497 e. The summed E-state index contributed by atoms with van der Waals surface area (Å²) in [6.45, 7) is 2.55. The molecular formula is C21H32N2O2S. The maximum Gasteiger partial charge on any atom is 0.169 e. The van der Waals surface area contributed by atoms with Crippen LogP contribution in [-0.2, 0) is 11.3 Å². The molecule has 1 heterocycles. The maximum absolute atomic E-state index is 5.87. The van der Waals surface area contributed by atoms with Gasteiger partial charge < -0.3 is 19.7 Å². The van der Waals surface area contributed by atoms with Crippen LogP contribution >= 0.6 is 12.2 Å². The van der Waals surface area contributed by atoms with Crippen LogP contribution in [0.5, 0.6) is 5.75 Å². The number of benzene rings is 1. The predicted octanol–water partition coefficient (Wildman–Crippen LogP) is 4.27. The van der Waals surface area contributed by atoms with Gasteiger partial charge in [0, 0.05) is 25.7 Å². The first-order chi connectivity index (χ1) is 12.7. The van der Waals surface area contributed by atoms with E-state index in [4.69, 9.17) is 21.7 Å². The highest BCUT2D eigenvalue weighted by Crippen LogP contribution is 2.20. The Morgan fingerprint density at radius 3 is 2.46 bits per heavy atom. The molecule has 0 radical (unpaired) electrons. The van der Waals surface area contributed by atoms with E-state index >= 15 is 0 Å². The topological polar surface area (TPSA) is 33.7 Å².